The van der Waals surface area contributed by atoms with Crippen molar-refractivity contribution < 1.29 is 9.18 Å². The van der Waals surface area contributed by atoms with Crippen LogP contribution in [0.15, 0.2) is 60.9 Å². The predicted molar refractivity (Wildman–Crippen MR) is 114 cm³/mol. The number of halogens is 1. The first-order chi connectivity index (χ1) is 14.6. The number of nitrogens with one attached hydrogen (secondary N) is 1. The zero-order chi connectivity index (χ0) is 20.9. The minimum Gasteiger partial charge on any atom is -0.349 e. The first kappa shape index (κ1) is 20.2. The molecule has 0 radical (unpaired) electrons. The SMILES string of the molecule is Cc1ccccc1CN1CCC(NC(=O)c2cnc(-c3cccc(F)c3)nc2)CC1. The predicted octanol–water partition coefficient (Wildman–Crippen LogP) is 3.99. The molecule has 3 aromatic rings. The van der Waals surface area contributed by atoms with Gasteiger partial charge < -0.3 is 5.32 Å². The number of carbonyl (C=O) groups excluding carboxylic acids is 1. The largest absolute Gasteiger partial charge is 0.349 e. The van der Waals surface area contributed by atoms with E-state index in [1.165, 1.54) is 35.7 Å². The molecule has 6 heteroatoms. The van der Waals surface area contributed by atoms with Gasteiger partial charge >= 0.3 is 0 Å². The Balaban J connectivity index is 1.30. The third kappa shape index (κ3) is 4.89. The molecule has 2 heterocycles. The van der Waals surface area contributed by atoms with Gasteiger partial charge in [-0.15, -0.1) is 0 Å². The van der Waals surface area contributed by atoms with Gasteiger partial charge in [-0.3, -0.25) is 9.69 Å². The molecule has 0 saturated carbocycles. The van der Waals surface area contributed by atoms with Crippen molar-refractivity contribution in [2.75, 3.05) is 13.1 Å². The van der Waals surface area contributed by atoms with Gasteiger partial charge in [0.2, 0.25) is 0 Å². The topological polar surface area (TPSA) is 58.1 Å². The van der Waals surface area contributed by atoms with Crippen LogP contribution in [-0.4, -0.2) is 39.9 Å². The number of aromatic nitrogens is 2. The Bertz CT molecular complexity index is 1010. The highest BCUT2D eigenvalue weighted by Crippen LogP contribution is 2.18. The third-order valence-corrected chi connectivity index (χ3v) is 5.57. The highest BCUT2D eigenvalue weighted by molar-refractivity contribution is 5.93. The Morgan fingerprint density at radius 1 is 1.10 bits per heavy atom. The Hall–Kier alpha value is -3.12. The summed E-state index contributed by atoms with van der Waals surface area (Å²) >= 11 is 0. The molecule has 30 heavy (non-hydrogen) atoms. The number of carbonyl (C=O) groups is 1. The first-order valence-corrected chi connectivity index (χ1v) is 10.2. The maximum absolute atomic E-state index is 13.4. The molecule has 0 aliphatic carbocycles. The van der Waals surface area contributed by atoms with Gasteiger partial charge in [-0.05, 0) is 43.0 Å². The molecule has 1 amide bonds. The van der Waals surface area contributed by atoms with Gasteiger partial charge in [-0.1, -0.05) is 36.4 Å². The summed E-state index contributed by atoms with van der Waals surface area (Å²) in [5, 5.41) is 3.09. The van der Waals surface area contributed by atoms with Crippen molar-refractivity contribution in [2.24, 2.45) is 0 Å². The molecule has 4 rings (SSSR count). The standard InChI is InChI=1S/C24H25FN4O/c1-17-5-2-3-6-19(17)16-29-11-9-22(10-12-29)28-24(30)20-14-26-23(27-15-20)18-7-4-8-21(25)13-18/h2-8,13-15,22H,9-12,16H2,1H3,(H,28,30). The summed E-state index contributed by atoms with van der Waals surface area (Å²) in [5.74, 6) is -0.111. The molecular weight excluding hydrogens is 379 g/mol. The van der Waals surface area contributed by atoms with E-state index in [2.05, 4.69) is 51.4 Å². The van der Waals surface area contributed by atoms with Gasteiger partial charge in [0.15, 0.2) is 5.82 Å². The molecule has 154 valence electrons. The average Bonchev–Trinajstić information content (AvgIpc) is 2.77. The van der Waals surface area contributed by atoms with E-state index in [1.807, 2.05) is 0 Å². The minimum absolute atomic E-state index is 0.147. The number of piperidine rings is 1. The fourth-order valence-electron chi connectivity index (χ4n) is 3.75. The molecule has 5 nitrogen and oxygen atoms in total. The number of benzene rings is 2. The lowest BCUT2D eigenvalue weighted by atomic mass is 10.0. The lowest BCUT2D eigenvalue weighted by Gasteiger charge is -2.32. The quantitative estimate of drug-likeness (QED) is 0.699. The second-order valence-electron chi connectivity index (χ2n) is 7.76. The molecule has 1 fully saturated rings. The lowest BCUT2D eigenvalue weighted by Crippen LogP contribution is -2.44. The third-order valence-electron chi connectivity index (χ3n) is 5.57. The van der Waals surface area contributed by atoms with Crippen LogP contribution in [0.4, 0.5) is 4.39 Å². The molecule has 0 atom stereocenters. The summed E-state index contributed by atoms with van der Waals surface area (Å²) in [6, 6.07) is 14.7. The van der Waals surface area contributed by atoms with Crippen molar-refractivity contribution in [1.29, 1.82) is 0 Å². The molecule has 0 unspecified atom stereocenters. The summed E-state index contributed by atoms with van der Waals surface area (Å²) in [4.78, 5) is 23.4. The van der Waals surface area contributed by atoms with E-state index in [4.69, 9.17) is 0 Å². The maximum atomic E-state index is 13.4. The average molecular weight is 404 g/mol. The van der Waals surface area contributed by atoms with Crippen LogP contribution in [0.2, 0.25) is 0 Å². The Morgan fingerprint density at radius 2 is 1.83 bits per heavy atom. The van der Waals surface area contributed by atoms with Gasteiger partial charge in [-0.25, -0.2) is 14.4 Å². The summed E-state index contributed by atoms with van der Waals surface area (Å²) in [6.45, 7) is 5.00. The van der Waals surface area contributed by atoms with Crippen LogP contribution in [0.25, 0.3) is 11.4 Å². The zero-order valence-corrected chi connectivity index (χ0v) is 17.0. The molecule has 2 aromatic carbocycles. The fraction of sp³-hybridized carbons (Fsp3) is 0.292. The van der Waals surface area contributed by atoms with Crippen LogP contribution in [-0.2, 0) is 6.54 Å². The summed E-state index contributed by atoms with van der Waals surface area (Å²) in [6.07, 6.45) is 4.82. The molecular formula is C24H25FN4O. The second kappa shape index (κ2) is 9.13. The van der Waals surface area contributed by atoms with Gasteiger partial charge in [0.1, 0.15) is 5.82 Å². The van der Waals surface area contributed by atoms with Gasteiger partial charge in [0, 0.05) is 43.6 Å². The van der Waals surface area contributed by atoms with Gasteiger partial charge in [0.25, 0.3) is 5.91 Å². The lowest BCUT2D eigenvalue weighted by molar-refractivity contribution is 0.0908. The molecule has 1 saturated heterocycles. The van der Waals surface area contributed by atoms with E-state index in [0.717, 1.165) is 32.5 Å². The van der Waals surface area contributed by atoms with E-state index >= 15 is 0 Å². The smallest absolute Gasteiger partial charge is 0.254 e. The molecule has 1 aromatic heterocycles. The summed E-state index contributed by atoms with van der Waals surface area (Å²) in [7, 11) is 0. The van der Waals surface area contributed by atoms with Crippen LogP contribution in [0.3, 0.4) is 0 Å². The van der Waals surface area contributed by atoms with Crippen LogP contribution in [0.5, 0.6) is 0 Å². The minimum atomic E-state index is -0.341. The first-order valence-electron chi connectivity index (χ1n) is 10.2. The number of amides is 1. The number of likely N-dealkylation sites (tertiary alicyclic amines) is 1. The molecule has 1 aliphatic heterocycles. The van der Waals surface area contributed by atoms with E-state index in [1.54, 1.807) is 12.1 Å². The summed E-state index contributed by atoms with van der Waals surface area (Å²) < 4.78 is 13.4. The molecule has 0 spiro atoms. The van der Waals surface area contributed by atoms with Crippen LogP contribution in [0, 0.1) is 12.7 Å². The van der Waals surface area contributed by atoms with E-state index in [-0.39, 0.29) is 17.8 Å². The van der Waals surface area contributed by atoms with Crippen molar-refractivity contribution in [3.05, 3.63) is 83.4 Å². The molecule has 0 bridgehead atoms. The number of hydrogen-bond donors (Lipinski definition) is 1. The zero-order valence-electron chi connectivity index (χ0n) is 17.0. The number of rotatable bonds is 5. The fourth-order valence-corrected chi connectivity index (χ4v) is 3.75. The van der Waals surface area contributed by atoms with Crippen LogP contribution >= 0.6 is 0 Å². The number of hydrogen-bond acceptors (Lipinski definition) is 4. The highest BCUT2D eigenvalue weighted by atomic mass is 19.1. The van der Waals surface area contributed by atoms with E-state index in [9.17, 15) is 9.18 Å². The maximum Gasteiger partial charge on any atom is 0.254 e. The van der Waals surface area contributed by atoms with E-state index < -0.39 is 0 Å². The Kier molecular flexibility index (Phi) is 6.14. The van der Waals surface area contributed by atoms with Crippen molar-refractivity contribution in [3.63, 3.8) is 0 Å². The van der Waals surface area contributed by atoms with Gasteiger partial charge in [0.05, 0.1) is 5.56 Å². The van der Waals surface area contributed by atoms with Crippen LogP contribution < -0.4 is 5.32 Å². The van der Waals surface area contributed by atoms with Crippen molar-refractivity contribution in [1.82, 2.24) is 20.2 Å². The Morgan fingerprint density at radius 3 is 2.53 bits per heavy atom. The molecule has 1 aliphatic rings. The molecule has 1 N–H and O–H groups in total. The van der Waals surface area contributed by atoms with E-state index in [0.29, 0.717) is 17.0 Å². The highest BCUT2D eigenvalue weighted by Gasteiger charge is 2.22. The summed E-state index contributed by atoms with van der Waals surface area (Å²) in [5.41, 5.74) is 3.67. The van der Waals surface area contributed by atoms with Crippen molar-refractivity contribution >= 4 is 5.91 Å². The Labute approximate surface area is 176 Å². The number of nitrogens with zero attached hydrogens (tertiary/aromatic N) is 3. The van der Waals surface area contributed by atoms with Gasteiger partial charge in [-0.2, -0.15) is 0 Å². The normalized spacial score (nSPS) is 15.1. The van der Waals surface area contributed by atoms with Crippen LogP contribution in [0.1, 0.15) is 34.3 Å². The van der Waals surface area contributed by atoms with Crippen molar-refractivity contribution in [3.8, 4) is 11.4 Å². The van der Waals surface area contributed by atoms with Crippen molar-refractivity contribution in [2.45, 2.75) is 32.4 Å². The monoisotopic (exact) mass is 404 g/mol. The number of aryl methyl sites for hydroxylation is 1. The second-order valence-corrected chi connectivity index (χ2v) is 7.76.